The summed E-state index contributed by atoms with van der Waals surface area (Å²) in [7, 11) is 5.06. The number of fused-ring (bicyclic) bond motifs is 8. The van der Waals surface area contributed by atoms with Crippen molar-refractivity contribution in [1.29, 1.82) is 0 Å². The van der Waals surface area contributed by atoms with Gasteiger partial charge in [-0.3, -0.25) is 0 Å². The molecule has 1 saturated heterocycles. The monoisotopic (exact) mass is 1180 g/mol. The fourth-order valence-electron chi connectivity index (χ4n) is 14.8. The molecule has 0 amide bonds. The van der Waals surface area contributed by atoms with Crippen LogP contribution in [0.4, 0.5) is 5.69 Å². The fourth-order valence-corrected chi connectivity index (χ4v) is 14.8. The maximum Gasteiger partial charge on any atom is 0.343 e. The van der Waals surface area contributed by atoms with Gasteiger partial charge in [-0.15, -0.1) is 0 Å². The zero-order valence-electron chi connectivity index (χ0n) is 52.2. The van der Waals surface area contributed by atoms with Crippen LogP contribution in [0.25, 0.3) is 50.2 Å². The van der Waals surface area contributed by atoms with Crippen LogP contribution in [0.2, 0.25) is 0 Å². The number of hydrogen-bond acceptors (Lipinski definition) is 9. The Bertz CT molecular complexity index is 4070. The predicted octanol–water partition coefficient (Wildman–Crippen LogP) is 19.4. The van der Waals surface area contributed by atoms with Gasteiger partial charge in [-0.05, 0) is 204 Å². The van der Waals surface area contributed by atoms with Crippen LogP contribution >= 0.6 is 0 Å². The molecule has 0 N–H and O–H groups in total. The number of rotatable bonds is 18. The maximum absolute atomic E-state index is 14.4. The second kappa shape index (κ2) is 25.3. The Labute approximate surface area is 524 Å². The highest BCUT2D eigenvalue weighted by Gasteiger charge is 2.49. The zero-order chi connectivity index (χ0) is 61.2. The molecule has 0 radical (unpaired) electrons. The number of esters is 2. The van der Waals surface area contributed by atoms with Gasteiger partial charge in [0.25, 0.3) is 0 Å². The summed E-state index contributed by atoms with van der Waals surface area (Å²) >= 11 is 0. The van der Waals surface area contributed by atoms with Gasteiger partial charge < -0.3 is 33.3 Å². The largest absolute Gasteiger partial charge is 0.497 e. The number of nitrogens with zero attached hydrogens (tertiary/aromatic N) is 1. The summed E-state index contributed by atoms with van der Waals surface area (Å²) in [4.78, 5) is 30.3. The van der Waals surface area contributed by atoms with Crippen molar-refractivity contribution >= 4 is 34.5 Å². The molecule has 4 aliphatic rings. The number of methoxy groups -OCH3 is 3. The van der Waals surface area contributed by atoms with Crippen molar-refractivity contribution in [2.24, 2.45) is 5.92 Å². The molecule has 2 unspecified atom stereocenters. The molecule has 9 heteroatoms. The smallest absolute Gasteiger partial charge is 0.343 e. The Hall–Kier alpha value is -8.92. The lowest BCUT2D eigenvalue weighted by atomic mass is 9.77. The number of hydrogen-bond donors (Lipinski definition) is 0. The first kappa shape index (κ1) is 59.1. The van der Waals surface area contributed by atoms with Gasteiger partial charge in [0.05, 0.1) is 25.3 Å². The van der Waals surface area contributed by atoms with Crippen molar-refractivity contribution in [3.05, 3.63) is 232 Å². The van der Waals surface area contributed by atoms with Gasteiger partial charge in [-0.2, -0.15) is 0 Å². The highest BCUT2D eigenvalue weighted by molar-refractivity contribution is 6.10. The van der Waals surface area contributed by atoms with Crippen LogP contribution < -0.4 is 28.6 Å². The van der Waals surface area contributed by atoms with Crippen molar-refractivity contribution in [1.82, 2.24) is 0 Å². The third-order valence-corrected chi connectivity index (χ3v) is 19.7. The molecule has 2 heterocycles. The van der Waals surface area contributed by atoms with Crippen molar-refractivity contribution in [2.75, 3.05) is 39.3 Å². The summed E-state index contributed by atoms with van der Waals surface area (Å²) < 4.78 is 38.6. The van der Waals surface area contributed by atoms with E-state index in [-0.39, 0.29) is 5.75 Å². The first-order valence-electron chi connectivity index (χ1n) is 32.2. The number of carbonyl (C=O) groups is 2. The Kier molecular flexibility index (Phi) is 16.8. The molecular weight excluding hydrogens is 1100 g/mol. The predicted molar refractivity (Wildman–Crippen MR) is 357 cm³/mol. The van der Waals surface area contributed by atoms with E-state index in [9.17, 15) is 9.59 Å². The van der Waals surface area contributed by atoms with Crippen molar-refractivity contribution < 1.29 is 38.0 Å². The van der Waals surface area contributed by atoms with Gasteiger partial charge in [-0.1, -0.05) is 149 Å². The molecule has 0 aromatic heterocycles. The molecule has 452 valence electrons. The summed E-state index contributed by atoms with van der Waals surface area (Å²) in [5.74, 6) is 3.08. The van der Waals surface area contributed by atoms with Crippen molar-refractivity contribution in [3.63, 3.8) is 0 Å². The van der Waals surface area contributed by atoms with E-state index < -0.39 is 23.1 Å². The van der Waals surface area contributed by atoms with Crippen LogP contribution in [0.1, 0.15) is 156 Å². The summed E-state index contributed by atoms with van der Waals surface area (Å²) in [6.07, 6.45) is 19.4. The second-order valence-electron chi connectivity index (χ2n) is 24.7. The van der Waals surface area contributed by atoms with E-state index in [1.165, 1.54) is 81.9 Å². The number of anilines is 1. The average Bonchev–Trinajstić information content (AvgIpc) is 1.60. The maximum atomic E-state index is 14.4. The Morgan fingerprint density at radius 1 is 0.596 bits per heavy atom. The molecule has 9 aromatic rings. The number of benzene rings is 9. The van der Waals surface area contributed by atoms with Crippen LogP contribution in [0.5, 0.6) is 28.7 Å². The second-order valence-corrected chi connectivity index (χ2v) is 24.7. The minimum Gasteiger partial charge on any atom is -0.497 e. The molecule has 1 saturated carbocycles. The topological polar surface area (TPSA) is 92.8 Å². The minimum absolute atomic E-state index is 0.267. The average molecular weight is 1180 g/mol. The van der Waals surface area contributed by atoms with Gasteiger partial charge in [0.15, 0.2) is 17.1 Å². The number of aryl methyl sites for hydroxylation is 1. The lowest BCUT2D eigenvalue weighted by Gasteiger charge is -2.40. The third kappa shape index (κ3) is 11.2. The summed E-state index contributed by atoms with van der Waals surface area (Å²) in [6.45, 7) is 8.63. The normalized spacial score (nSPS) is 19.2. The molecule has 2 aliphatic heterocycles. The molecule has 2 aliphatic carbocycles. The Morgan fingerprint density at radius 3 is 1.83 bits per heavy atom. The molecule has 0 bridgehead atoms. The molecule has 9 nitrogen and oxygen atoms in total. The summed E-state index contributed by atoms with van der Waals surface area (Å²) in [5.41, 5.74) is 13.5. The SMILES string of the molecule is CCCCCC1CCC(c2ccc(-c3ccc(C(=O)Oc4ccc(-c5ccc(C(=O)Oc6cc7c8c(c9c(c7cc6OC)OC(c6ccc(N7CCCCC7)cc6)(c6ccc(OC)cc6C)C=C9)C(CC)(OC)c6ccccc6-8)cc5)cc4)cc3)cc2)CC1. The molecule has 9 aromatic carbocycles. The van der Waals surface area contributed by atoms with E-state index in [0.29, 0.717) is 40.7 Å². The zero-order valence-corrected chi connectivity index (χ0v) is 52.2. The first-order valence-corrected chi connectivity index (χ1v) is 32.2. The number of piperidine rings is 1. The molecule has 2 fully saturated rings. The van der Waals surface area contributed by atoms with Crippen LogP contribution in [-0.2, 0) is 15.9 Å². The van der Waals surface area contributed by atoms with E-state index in [4.69, 9.17) is 28.4 Å². The Morgan fingerprint density at radius 2 is 1.21 bits per heavy atom. The van der Waals surface area contributed by atoms with Crippen LogP contribution in [0.3, 0.4) is 0 Å². The first-order chi connectivity index (χ1) is 43.5. The van der Waals surface area contributed by atoms with E-state index in [2.05, 4.69) is 123 Å². The highest BCUT2D eigenvalue weighted by Crippen LogP contribution is 2.61. The van der Waals surface area contributed by atoms with Crippen molar-refractivity contribution in [3.8, 4) is 62.1 Å². The number of unbranched alkanes of at least 4 members (excludes halogenated alkanes) is 2. The van der Waals surface area contributed by atoms with Gasteiger partial charge in [0, 0.05) is 53.5 Å². The van der Waals surface area contributed by atoms with Gasteiger partial charge in [0.1, 0.15) is 22.8 Å². The third-order valence-electron chi connectivity index (χ3n) is 19.7. The van der Waals surface area contributed by atoms with E-state index in [0.717, 1.165) is 102 Å². The van der Waals surface area contributed by atoms with E-state index in [1.54, 1.807) is 45.6 Å². The van der Waals surface area contributed by atoms with Crippen molar-refractivity contribution in [2.45, 2.75) is 115 Å². The quantitative estimate of drug-likeness (QED) is 0.0473. The standard InChI is InChI=1S/C80H79NO8/c1-7-9-11-16-53-19-21-54(22-20-53)55-23-25-56(26-24-55)57-27-31-60(32-28-57)77(82)87-64-41-35-59(36-42-64)58-29-33-61(34-30-58)78(83)88-73-50-68-69(51-72(73)85-5)76-67(75-74(68)66-17-12-13-18-71(66)79(75,8-2)86-6)45-46-80(89-76,70-44-43-65(84-4)49-52(70)3)62-37-39-63(40-38-62)81-47-14-10-15-48-81/h12-13,17-18,23-46,49-51,53-54H,7-11,14-16,19-22,47-48H2,1-6H3. The lowest BCUT2D eigenvalue weighted by molar-refractivity contribution is 0.0219. The summed E-state index contributed by atoms with van der Waals surface area (Å²) in [5, 5.41) is 1.63. The molecule has 2 atom stereocenters. The number of carbonyl (C=O) groups excluding carboxylic acids is 2. The van der Waals surface area contributed by atoms with Crippen LogP contribution in [0, 0.1) is 12.8 Å². The molecule has 89 heavy (non-hydrogen) atoms. The van der Waals surface area contributed by atoms with Gasteiger partial charge in [-0.25, -0.2) is 9.59 Å². The lowest BCUT2D eigenvalue weighted by Crippen LogP contribution is -2.36. The van der Waals surface area contributed by atoms with Gasteiger partial charge in [0.2, 0.25) is 0 Å². The van der Waals surface area contributed by atoms with E-state index in [1.807, 2.05) is 66.7 Å². The Balaban J connectivity index is 0.749. The van der Waals surface area contributed by atoms with Gasteiger partial charge >= 0.3 is 11.9 Å². The van der Waals surface area contributed by atoms with Crippen LogP contribution in [-0.4, -0.2) is 46.4 Å². The fraction of sp³-hybridized carbons (Fsp3) is 0.300. The van der Waals surface area contributed by atoms with Crippen LogP contribution in [0.15, 0.2) is 182 Å². The summed E-state index contributed by atoms with van der Waals surface area (Å²) in [6, 6.07) is 58.7. The highest BCUT2D eigenvalue weighted by atomic mass is 16.6. The molecule has 0 spiro atoms. The molecular formula is C80H79NO8. The molecule has 13 rings (SSSR count). The van der Waals surface area contributed by atoms with E-state index >= 15 is 0 Å². The number of ether oxygens (including phenoxy) is 6. The minimum atomic E-state index is -1.06.